The van der Waals surface area contributed by atoms with E-state index in [0.717, 1.165) is 0 Å². The van der Waals surface area contributed by atoms with Crippen LogP contribution in [0, 0.1) is 6.07 Å². The Morgan fingerprint density at radius 2 is 1.83 bits per heavy atom. The van der Waals surface area contributed by atoms with Crippen LogP contribution < -0.4 is 0 Å². The summed E-state index contributed by atoms with van der Waals surface area (Å²) in [7, 11) is 0. The molecule has 0 aliphatic rings. The second-order valence-electron chi connectivity index (χ2n) is 1.93. The summed E-state index contributed by atoms with van der Waals surface area (Å²) in [5.41, 5.74) is 1.23. The van der Waals surface area contributed by atoms with Crippen LogP contribution in [-0.2, 0) is 0 Å². The van der Waals surface area contributed by atoms with Crippen molar-refractivity contribution in [2.45, 2.75) is 6.92 Å². The van der Waals surface area contributed by atoms with Gasteiger partial charge >= 0.3 is 16.0 Å². The summed E-state index contributed by atoms with van der Waals surface area (Å²) in [6, 6.07) is 10.8. The molecular formula is C9H9Br2Mg. The average molecular weight is 301 g/mol. The van der Waals surface area contributed by atoms with Crippen LogP contribution in [0.25, 0.3) is 6.08 Å². The molecule has 12 heavy (non-hydrogen) atoms. The highest BCUT2D eigenvalue weighted by Gasteiger charge is 1.78. The van der Waals surface area contributed by atoms with Crippen LogP contribution in [0.15, 0.2) is 30.3 Å². The van der Waals surface area contributed by atoms with Crippen LogP contribution in [0.4, 0.5) is 0 Å². The number of allylic oxidation sites excluding steroid dienone is 1. The predicted octanol–water partition coefficient (Wildman–Crippen LogP) is 3.83. The highest BCUT2D eigenvalue weighted by Crippen LogP contribution is 1.98. The summed E-state index contributed by atoms with van der Waals surface area (Å²) in [5.74, 6) is 0. The highest BCUT2D eigenvalue weighted by molar-refractivity contribution is 9.47. The van der Waals surface area contributed by atoms with Gasteiger partial charge in [0.15, 0.2) is 0 Å². The Morgan fingerprint density at radius 3 is 2.25 bits per heavy atom. The quantitative estimate of drug-likeness (QED) is 0.692. The molecule has 0 atom stereocenters. The van der Waals surface area contributed by atoms with Gasteiger partial charge in [-0.2, -0.15) is 0 Å². The van der Waals surface area contributed by atoms with Gasteiger partial charge in [0.2, 0.25) is 0 Å². The molecule has 0 heterocycles. The molecule has 1 rings (SSSR count). The Balaban J connectivity index is 0.000000354. The van der Waals surface area contributed by atoms with Gasteiger partial charge in [-0.25, -0.2) is 0 Å². The third kappa shape index (κ3) is 7.34. The third-order valence-corrected chi connectivity index (χ3v) is 1.10. The lowest BCUT2D eigenvalue weighted by molar-refractivity contribution is 1.63. The van der Waals surface area contributed by atoms with E-state index in [1.807, 2.05) is 37.3 Å². The normalized spacial score (nSPS) is 8.58. The molecule has 1 aromatic rings. The standard InChI is InChI=1S/C9H9.2BrH.Mg/c1-2-6-9-7-4-3-5-8-9;;;/h2,4-8H,1H3;2*1H;/q;;;+2/p-2. The van der Waals surface area contributed by atoms with Crippen molar-refractivity contribution in [3.63, 3.8) is 0 Å². The molecule has 0 N–H and O–H groups in total. The molecule has 1 aromatic carbocycles. The minimum absolute atomic E-state index is 0.0417. The van der Waals surface area contributed by atoms with Crippen molar-refractivity contribution in [2.75, 3.05) is 0 Å². The number of hydrogen-bond donors (Lipinski definition) is 0. The fourth-order valence-corrected chi connectivity index (χ4v) is 0.703. The van der Waals surface area contributed by atoms with Crippen molar-refractivity contribution >= 4 is 47.9 Å². The van der Waals surface area contributed by atoms with Crippen LogP contribution in [-0.4, -0.2) is 16.0 Å². The fourth-order valence-electron chi connectivity index (χ4n) is 0.703. The Kier molecular flexibility index (Phi) is 10.3. The summed E-state index contributed by atoms with van der Waals surface area (Å²) in [4.78, 5) is 0. The Labute approximate surface area is 95.9 Å². The first-order chi connectivity index (χ1) is 5.85. The van der Waals surface area contributed by atoms with Crippen molar-refractivity contribution in [3.05, 3.63) is 42.0 Å². The van der Waals surface area contributed by atoms with Gasteiger partial charge in [0.05, 0.1) is 0 Å². The molecule has 0 saturated carbocycles. The molecule has 0 aliphatic heterocycles. The van der Waals surface area contributed by atoms with Gasteiger partial charge in [0.1, 0.15) is 0 Å². The average Bonchev–Trinajstić information content (AvgIpc) is 2.08. The number of halogens is 2. The van der Waals surface area contributed by atoms with E-state index >= 15 is 0 Å². The van der Waals surface area contributed by atoms with Gasteiger partial charge < -0.3 is 0 Å². The zero-order chi connectivity index (χ0) is 9.23. The van der Waals surface area contributed by atoms with Gasteiger partial charge in [0.25, 0.3) is 0 Å². The molecule has 1 radical (unpaired) electrons. The van der Waals surface area contributed by atoms with Crippen LogP contribution in [0.3, 0.4) is 0 Å². The second kappa shape index (κ2) is 9.77. The zero-order valence-electron chi connectivity index (χ0n) is 6.93. The molecule has 0 bridgehead atoms. The summed E-state index contributed by atoms with van der Waals surface area (Å²) in [5, 5.41) is 0. The first-order valence-corrected chi connectivity index (χ1v) is 11.4. The SMILES string of the molecule is CC=Cc1cc[c]cc1.[Br][Mg][Br]. The molecule has 0 unspecified atom stereocenters. The molecule has 0 amide bonds. The topological polar surface area (TPSA) is 0 Å². The molecule has 0 aromatic heterocycles. The van der Waals surface area contributed by atoms with Gasteiger partial charge in [0, 0.05) is 0 Å². The summed E-state index contributed by atoms with van der Waals surface area (Å²) in [6.45, 7) is 2.01. The van der Waals surface area contributed by atoms with Gasteiger partial charge in [-0.05, 0) is 18.6 Å². The van der Waals surface area contributed by atoms with Crippen LogP contribution in [0.2, 0.25) is 0 Å². The van der Waals surface area contributed by atoms with E-state index in [0.29, 0.717) is 0 Å². The van der Waals surface area contributed by atoms with E-state index in [2.05, 4.69) is 37.9 Å². The van der Waals surface area contributed by atoms with Crippen molar-refractivity contribution < 1.29 is 0 Å². The second-order valence-corrected chi connectivity index (χ2v) is 10.0. The smallest absolute Gasteiger partial charge is 0.280 e. The van der Waals surface area contributed by atoms with Crippen molar-refractivity contribution in [1.29, 1.82) is 0 Å². The molecular weight excluding hydrogens is 292 g/mol. The first kappa shape index (κ1) is 12.7. The Hall–Kier alpha value is 0.686. The maximum absolute atomic E-state index is 3.20. The highest BCUT2D eigenvalue weighted by atomic mass is 79.9. The third-order valence-electron chi connectivity index (χ3n) is 1.10. The minimum Gasteiger partial charge on any atom is -0.280 e. The van der Waals surface area contributed by atoms with Gasteiger partial charge in [-0.3, -0.25) is 25.8 Å². The van der Waals surface area contributed by atoms with E-state index in [-0.39, 0.29) is 16.0 Å². The fraction of sp³-hybridized carbons (Fsp3) is 0.111. The maximum Gasteiger partial charge on any atom is 0.560 e. The van der Waals surface area contributed by atoms with E-state index in [1.165, 1.54) is 5.56 Å². The van der Waals surface area contributed by atoms with Crippen LogP contribution in [0.5, 0.6) is 0 Å². The van der Waals surface area contributed by atoms with Crippen molar-refractivity contribution in [1.82, 2.24) is 0 Å². The lowest BCUT2D eigenvalue weighted by Crippen LogP contribution is -1.65. The number of rotatable bonds is 1. The molecule has 0 saturated heterocycles. The van der Waals surface area contributed by atoms with E-state index in [4.69, 9.17) is 0 Å². The maximum atomic E-state index is 3.20. The summed E-state index contributed by atoms with van der Waals surface area (Å²) < 4.78 is 0. The minimum atomic E-state index is 0.0417. The summed E-state index contributed by atoms with van der Waals surface area (Å²) >= 11 is 6.44. The van der Waals surface area contributed by atoms with Gasteiger partial charge in [-0.15, -0.1) is 0 Å². The summed E-state index contributed by atoms with van der Waals surface area (Å²) in [6.07, 6.45) is 4.09. The lowest BCUT2D eigenvalue weighted by Gasteiger charge is -1.86. The molecule has 3 heteroatoms. The zero-order valence-corrected chi connectivity index (χ0v) is 11.5. The van der Waals surface area contributed by atoms with E-state index in [1.54, 1.807) is 0 Å². The van der Waals surface area contributed by atoms with E-state index in [9.17, 15) is 0 Å². The van der Waals surface area contributed by atoms with Crippen LogP contribution in [0.1, 0.15) is 12.5 Å². The monoisotopic (exact) mass is 299 g/mol. The van der Waals surface area contributed by atoms with E-state index < -0.39 is 0 Å². The Morgan fingerprint density at radius 1 is 1.33 bits per heavy atom. The van der Waals surface area contributed by atoms with Crippen molar-refractivity contribution in [3.8, 4) is 0 Å². The molecule has 0 spiro atoms. The van der Waals surface area contributed by atoms with Crippen molar-refractivity contribution in [2.24, 2.45) is 0 Å². The van der Waals surface area contributed by atoms with Crippen LogP contribution >= 0.6 is 25.8 Å². The molecule has 0 nitrogen and oxygen atoms in total. The predicted molar refractivity (Wildman–Crippen MR) is 63.6 cm³/mol. The van der Waals surface area contributed by atoms with Gasteiger partial charge in [-0.1, -0.05) is 36.4 Å². The molecule has 0 aliphatic carbocycles. The lowest BCUT2D eigenvalue weighted by atomic mass is 10.2. The largest absolute Gasteiger partial charge is 0.560 e. The first-order valence-electron chi connectivity index (χ1n) is 3.56. The molecule has 0 fully saturated rings. The number of hydrogen-bond acceptors (Lipinski definition) is 0. The molecule has 61 valence electrons. The Bertz CT molecular complexity index is 209. The number of benzene rings is 1.